The molecule has 5 heteroatoms. The summed E-state index contributed by atoms with van der Waals surface area (Å²) in [5.41, 5.74) is 8.02. The molecule has 0 aliphatic heterocycles. The fraction of sp³-hybridized carbons (Fsp3) is 0.0833. The Morgan fingerprint density at radius 3 is 2.82 bits per heavy atom. The maximum Gasteiger partial charge on any atom is 0.146 e. The van der Waals surface area contributed by atoms with E-state index in [0.717, 1.165) is 16.9 Å². The average molecular weight is 230 g/mol. The van der Waals surface area contributed by atoms with Gasteiger partial charge in [-0.3, -0.25) is 4.68 Å². The zero-order valence-electron chi connectivity index (χ0n) is 9.24. The maximum absolute atomic E-state index is 13.6. The van der Waals surface area contributed by atoms with Crippen LogP contribution in [0.2, 0.25) is 0 Å². The number of nitrogen functional groups attached to an aromatic ring is 1. The summed E-state index contributed by atoms with van der Waals surface area (Å²) in [5, 5.41) is 4.63. The molecule has 2 aromatic heterocycles. The Kier molecular flexibility index (Phi) is 1.95. The molecule has 0 atom stereocenters. The number of nitrogens with two attached hydrogens (primary N) is 1. The first-order chi connectivity index (χ1) is 8.15. The van der Waals surface area contributed by atoms with Crippen LogP contribution in [0.1, 0.15) is 0 Å². The van der Waals surface area contributed by atoms with Crippen molar-refractivity contribution in [2.45, 2.75) is 0 Å². The summed E-state index contributed by atoms with van der Waals surface area (Å²) in [6.45, 7) is 0. The van der Waals surface area contributed by atoms with Gasteiger partial charge in [0.25, 0.3) is 0 Å². The summed E-state index contributed by atoms with van der Waals surface area (Å²) in [4.78, 5) is 3.15. The van der Waals surface area contributed by atoms with Crippen LogP contribution in [0.25, 0.3) is 22.3 Å². The van der Waals surface area contributed by atoms with Crippen LogP contribution in [0.5, 0.6) is 0 Å². The Bertz CT molecular complexity index is 696. The van der Waals surface area contributed by atoms with Gasteiger partial charge in [-0.05, 0) is 18.2 Å². The predicted molar refractivity (Wildman–Crippen MR) is 64.9 cm³/mol. The van der Waals surface area contributed by atoms with E-state index in [1.807, 2.05) is 6.07 Å². The van der Waals surface area contributed by atoms with Gasteiger partial charge in [-0.2, -0.15) is 5.10 Å². The number of benzene rings is 1. The smallest absolute Gasteiger partial charge is 0.146 e. The Balaban J connectivity index is 2.25. The molecule has 3 aromatic rings. The lowest BCUT2D eigenvalue weighted by molar-refractivity contribution is 0.640. The second-order valence-corrected chi connectivity index (χ2v) is 3.96. The van der Waals surface area contributed by atoms with Crippen molar-refractivity contribution in [3.8, 4) is 11.4 Å². The van der Waals surface area contributed by atoms with Gasteiger partial charge in [0.2, 0.25) is 0 Å². The first-order valence-corrected chi connectivity index (χ1v) is 5.22. The first kappa shape index (κ1) is 9.89. The molecule has 0 saturated heterocycles. The van der Waals surface area contributed by atoms with Crippen LogP contribution >= 0.6 is 0 Å². The molecule has 0 fully saturated rings. The van der Waals surface area contributed by atoms with Crippen molar-refractivity contribution in [3.63, 3.8) is 0 Å². The van der Waals surface area contributed by atoms with E-state index >= 15 is 0 Å². The van der Waals surface area contributed by atoms with Gasteiger partial charge in [0.15, 0.2) is 0 Å². The maximum atomic E-state index is 13.6. The van der Waals surface area contributed by atoms with Crippen molar-refractivity contribution in [2.75, 3.05) is 5.73 Å². The highest BCUT2D eigenvalue weighted by atomic mass is 19.1. The lowest BCUT2D eigenvalue weighted by atomic mass is 10.2. The molecule has 1 aromatic carbocycles. The van der Waals surface area contributed by atoms with Crippen molar-refractivity contribution >= 4 is 16.7 Å². The number of fused-ring (bicyclic) bond motifs is 1. The van der Waals surface area contributed by atoms with Gasteiger partial charge >= 0.3 is 0 Å². The molecule has 0 unspecified atom stereocenters. The molecule has 0 bridgehead atoms. The molecule has 86 valence electrons. The second-order valence-electron chi connectivity index (χ2n) is 3.96. The summed E-state index contributed by atoms with van der Waals surface area (Å²) >= 11 is 0. The summed E-state index contributed by atoms with van der Waals surface area (Å²) in [5.74, 6) is 0.210. The fourth-order valence-corrected chi connectivity index (χ4v) is 2.00. The quantitative estimate of drug-likeness (QED) is 0.673. The first-order valence-electron chi connectivity index (χ1n) is 5.22. The SMILES string of the molecule is Cn1nc(N)cc1-c1cc2c(F)cccc2[nH]1. The normalized spacial score (nSPS) is 11.2. The van der Waals surface area contributed by atoms with E-state index in [9.17, 15) is 4.39 Å². The largest absolute Gasteiger partial charge is 0.382 e. The van der Waals surface area contributed by atoms with E-state index in [4.69, 9.17) is 5.73 Å². The standard InChI is InChI=1S/C12H11FN4/c1-17-11(6-12(14)16-17)10-5-7-8(13)3-2-4-9(7)15-10/h2-6,15H,1H3,(H2,14,16). The number of nitrogens with one attached hydrogen (secondary N) is 1. The molecule has 0 amide bonds. The molecule has 2 heterocycles. The number of H-pyrrole nitrogens is 1. The van der Waals surface area contributed by atoms with Crippen LogP contribution in [0, 0.1) is 5.82 Å². The number of nitrogens with zero attached hydrogens (tertiary/aromatic N) is 2. The Morgan fingerprint density at radius 2 is 2.18 bits per heavy atom. The number of anilines is 1. The van der Waals surface area contributed by atoms with Crippen molar-refractivity contribution < 1.29 is 4.39 Å². The zero-order chi connectivity index (χ0) is 12.0. The summed E-state index contributed by atoms with van der Waals surface area (Å²) in [7, 11) is 1.80. The lowest BCUT2D eigenvalue weighted by Gasteiger charge is -1.96. The van der Waals surface area contributed by atoms with Gasteiger partial charge in [0, 0.05) is 24.0 Å². The molecule has 0 aliphatic carbocycles. The van der Waals surface area contributed by atoms with Gasteiger partial charge in [0.05, 0.1) is 11.4 Å². The van der Waals surface area contributed by atoms with Gasteiger partial charge in [-0.1, -0.05) is 6.07 Å². The monoisotopic (exact) mass is 230 g/mol. The summed E-state index contributed by atoms with van der Waals surface area (Å²) in [6.07, 6.45) is 0. The lowest BCUT2D eigenvalue weighted by Crippen LogP contribution is -1.94. The van der Waals surface area contributed by atoms with Crippen LogP contribution in [0.4, 0.5) is 10.2 Å². The van der Waals surface area contributed by atoms with E-state index in [1.165, 1.54) is 6.07 Å². The third-order valence-electron chi connectivity index (χ3n) is 2.79. The van der Waals surface area contributed by atoms with Crippen LogP contribution in [-0.4, -0.2) is 14.8 Å². The number of rotatable bonds is 1. The highest BCUT2D eigenvalue weighted by Crippen LogP contribution is 2.26. The number of hydrogen-bond acceptors (Lipinski definition) is 2. The molecule has 0 spiro atoms. The third kappa shape index (κ3) is 1.47. The molecule has 3 N–H and O–H groups in total. The highest BCUT2D eigenvalue weighted by molar-refractivity contribution is 5.86. The molecule has 0 radical (unpaired) electrons. The van der Waals surface area contributed by atoms with Gasteiger partial charge < -0.3 is 10.7 Å². The zero-order valence-corrected chi connectivity index (χ0v) is 9.24. The van der Waals surface area contributed by atoms with E-state index in [0.29, 0.717) is 11.2 Å². The van der Waals surface area contributed by atoms with Gasteiger partial charge in [0.1, 0.15) is 11.6 Å². The van der Waals surface area contributed by atoms with E-state index in [2.05, 4.69) is 10.1 Å². The van der Waals surface area contributed by atoms with Crippen molar-refractivity contribution in [1.82, 2.24) is 14.8 Å². The molecule has 4 nitrogen and oxygen atoms in total. The summed E-state index contributed by atoms with van der Waals surface area (Å²) in [6, 6.07) is 8.47. The second kappa shape index (κ2) is 3.35. The third-order valence-corrected chi connectivity index (χ3v) is 2.79. The van der Waals surface area contributed by atoms with Crippen LogP contribution in [-0.2, 0) is 7.05 Å². The number of aryl methyl sites for hydroxylation is 1. The average Bonchev–Trinajstić information content (AvgIpc) is 2.82. The van der Waals surface area contributed by atoms with Crippen molar-refractivity contribution in [1.29, 1.82) is 0 Å². The number of aromatic nitrogens is 3. The van der Waals surface area contributed by atoms with Crippen LogP contribution in [0.3, 0.4) is 0 Å². The molecule has 17 heavy (non-hydrogen) atoms. The van der Waals surface area contributed by atoms with E-state index in [-0.39, 0.29) is 5.82 Å². The Morgan fingerprint density at radius 1 is 1.35 bits per heavy atom. The number of hydrogen-bond donors (Lipinski definition) is 2. The molecule has 0 saturated carbocycles. The molecule has 3 rings (SSSR count). The van der Waals surface area contributed by atoms with Crippen molar-refractivity contribution in [3.05, 3.63) is 36.1 Å². The number of aromatic amines is 1. The van der Waals surface area contributed by atoms with Crippen molar-refractivity contribution in [2.24, 2.45) is 7.05 Å². The van der Waals surface area contributed by atoms with Crippen LogP contribution < -0.4 is 5.73 Å². The van der Waals surface area contributed by atoms with Gasteiger partial charge in [-0.15, -0.1) is 0 Å². The fourth-order valence-electron chi connectivity index (χ4n) is 2.00. The summed E-state index contributed by atoms with van der Waals surface area (Å²) < 4.78 is 15.2. The minimum atomic E-state index is -0.236. The Hall–Kier alpha value is -2.30. The predicted octanol–water partition coefficient (Wildman–Crippen LogP) is 2.29. The minimum Gasteiger partial charge on any atom is -0.382 e. The van der Waals surface area contributed by atoms with E-state index in [1.54, 1.807) is 29.9 Å². The molecular formula is C12H11FN4. The van der Waals surface area contributed by atoms with Gasteiger partial charge in [-0.25, -0.2) is 4.39 Å². The molecule has 0 aliphatic rings. The van der Waals surface area contributed by atoms with E-state index < -0.39 is 0 Å². The molecular weight excluding hydrogens is 219 g/mol. The highest BCUT2D eigenvalue weighted by Gasteiger charge is 2.10. The number of halogens is 1. The Labute approximate surface area is 96.9 Å². The van der Waals surface area contributed by atoms with Crippen LogP contribution in [0.15, 0.2) is 30.3 Å². The minimum absolute atomic E-state index is 0.236. The topological polar surface area (TPSA) is 59.6 Å².